The largest absolute Gasteiger partial charge is 0.385 e. The second-order valence-electron chi connectivity index (χ2n) is 6.24. The van der Waals surface area contributed by atoms with E-state index in [2.05, 4.69) is 0 Å². The quantitative estimate of drug-likeness (QED) is 0.841. The van der Waals surface area contributed by atoms with Crippen LogP contribution in [-0.2, 0) is 27.4 Å². The monoisotopic (exact) mass is 344 g/mol. The van der Waals surface area contributed by atoms with Crippen molar-refractivity contribution in [1.82, 2.24) is 0 Å². The zero-order valence-electron chi connectivity index (χ0n) is 14.2. The number of rotatable bonds is 6. The average Bonchev–Trinajstić information content (AvgIpc) is 2.64. The third kappa shape index (κ3) is 4.66. The summed E-state index contributed by atoms with van der Waals surface area (Å²) in [7, 11) is 0. The first-order chi connectivity index (χ1) is 12.1. The van der Waals surface area contributed by atoms with Gasteiger partial charge in [-0.25, -0.2) is 0 Å². The Morgan fingerprint density at radius 3 is 1.80 bits per heavy atom. The number of aliphatic hydroxyl groups excluding tert-OH is 2. The van der Waals surface area contributed by atoms with Crippen LogP contribution in [0.3, 0.4) is 0 Å². The van der Waals surface area contributed by atoms with Crippen LogP contribution in [0.4, 0.5) is 0 Å². The normalized spacial score (nSPS) is 29.5. The lowest BCUT2D eigenvalue weighted by molar-refractivity contribution is -0.297. The molecule has 0 saturated carbocycles. The van der Waals surface area contributed by atoms with E-state index < -0.39 is 30.7 Å². The number of hydrogen-bond donors (Lipinski definition) is 2. The van der Waals surface area contributed by atoms with Gasteiger partial charge in [0.15, 0.2) is 6.29 Å². The molecule has 1 aliphatic heterocycles. The highest BCUT2D eigenvalue weighted by Crippen LogP contribution is 2.26. The summed E-state index contributed by atoms with van der Waals surface area (Å²) in [4.78, 5) is 0. The van der Waals surface area contributed by atoms with Crippen molar-refractivity contribution in [2.75, 3.05) is 0 Å². The molecule has 2 unspecified atom stereocenters. The molecular formula is C20H24O5. The summed E-state index contributed by atoms with van der Waals surface area (Å²) in [6.07, 6.45) is -4.01. The van der Waals surface area contributed by atoms with Gasteiger partial charge in [0.25, 0.3) is 0 Å². The van der Waals surface area contributed by atoms with Gasteiger partial charge in [0, 0.05) is 0 Å². The van der Waals surface area contributed by atoms with Crippen molar-refractivity contribution in [2.24, 2.45) is 0 Å². The van der Waals surface area contributed by atoms with Gasteiger partial charge in [-0.1, -0.05) is 60.7 Å². The van der Waals surface area contributed by atoms with Crippen LogP contribution >= 0.6 is 0 Å². The molecule has 0 spiro atoms. The van der Waals surface area contributed by atoms with Gasteiger partial charge in [-0.3, -0.25) is 0 Å². The van der Waals surface area contributed by atoms with Crippen LogP contribution in [0.15, 0.2) is 60.7 Å². The lowest BCUT2D eigenvalue weighted by Gasteiger charge is -2.41. The third-order valence-electron chi connectivity index (χ3n) is 4.34. The molecule has 5 atom stereocenters. The van der Waals surface area contributed by atoms with Crippen molar-refractivity contribution in [1.29, 1.82) is 0 Å². The Labute approximate surface area is 147 Å². The molecule has 3 rings (SSSR count). The Hall–Kier alpha value is -1.76. The number of aliphatic hydroxyl groups is 2. The van der Waals surface area contributed by atoms with Gasteiger partial charge >= 0.3 is 0 Å². The van der Waals surface area contributed by atoms with Crippen LogP contribution in [0, 0.1) is 0 Å². The highest BCUT2D eigenvalue weighted by molar-refractivity contribution is 5.14. The molecule has 0 aliphatic carbocycles. The van der Waals surface area contributed by atoms with E-state index in [1.807, 2.05) is 67.6 Å². The maximum Gasteiger partial charge on any atom is 0.183 e. The van der Waals surface area contributed by atoms with Crippen LogP contribution < -0.4 is 0 Å². The minimum Gasteiger partial charge on any atom is -0.385 e. The molecule has 0 bridgehead atoms. The van der Waals surface area contributed by atoms with Crippen LogP contribution in [0.25, 0.3) is 0 Å². The second-order valence-corrected chi connectivity index (χ2v) is 6.24. The Bertz CT molecular complexity index is 633. The van der Waals surface area contributed by atoms with E-state index in [0.29, 0.717) is 13.2 Å². The zero-order chi connectivity index (χ0) is 17.6. The van der Waals surface area contributed by atoms with Gasteiger partial charge in [-0.15, -0.1) is 0 Å². The molecule has 25 heavy (non-hydrogen) atoms. The standard InChI is InChI=1S/C20H24O5/c1-14-18(23-12-15-8-4-2-5-9-15)19(17(21)20(22)25-14)24-13-16-10-6-3-7-11-16/h2-11,14,17-22H,12-13H2,1H3/t14?,17?,18-,19-,20+/m0/s1. The third-order valence-corrected chi connectivity index (χ3v) is 4.34. The zero-order valence-corrected chi connectivity index (χ0v) is 14.2. The summed E-state index contributed by atoms with van der Waals surface area (Å²) in [5, 5.41) is 20.2. The van der Waals surface area contributed by atoms with Gasteiger partial charge in [-0.2, -0.15) is 0 Å². The summed E-state index contributed by atoms with van der Waals surface area (Å²) in [5.74, 6) is 0. The summed E-state index contributed by atoms with van der Waals surface area (Å²) < 4.78 is 17.3. The van der Waals surface area contributed by atoms with E-state index in [4.69, 9.17) is 14.2 Å². The SMILES string of the molecule is CC1O[C@@H](O)C(O)[C@H](OCc2ccccc2)[C@H]1OCc1ccccc1. The van der Waals surface area contributed by atoms with Crippen LogP contribution in [0.5, 0.6) is 0 Å². The number of benzene rings is 2. The van der Waals surface area contributed by atoms with Gasteiger partial charge in [0.05, 0.1) is 19.3 Å². The maximum absolute atomic E-state index is 10.3. The summed E-state index contributed by atoms with van der Waals surface area (Å²) in [6.45, 7) is 2.52. The lowest BCUT2D eigenvalue weighted by atomic mass is 9.99. The van der Waals surface area contributed by atoms with E-state index in [1.54, 1.807) is 0 Å². The Morgan fingerprint density at radius 1 is 0.800 bits per heavy atom. The molecule has 0 aromatic heterocycles. The molecule has 1 fully saturated rings. The van der Waals surface area contributed by atoms with Crippen LogP contribution in [0.2, 0.25) is 0 Å². The minimum absolute atomic E-state index is 0.327. The summed E-state index contributed by atoms with van der Waals surface area (Å²) in [6, 6.07) is 19.5. The van der Waals surface area contributed by atoms with E-state index in [1.165, 1.54) is 0 Å². The first kappa shape index (κ1) is 18.0. The topological polar surface area (TPSA) is 68.2 Å². The van der Waals surface area contributed by atoms with Gasteiger partial charge in [0.1, 0.15) is 18.3 Å². The maximum atomic E-state index is 10.3. The molecule has 134 valence electrons. The van der Waals surface area contributed by atoms with E-state index in [-0.39, 0.29) is 0 Å². The fourth-order valence-electron chi connectivity index (χ4n) is 2.96. The van der Waals surface area contributed by atoms with Gasteiger partial charge in [0.2, 0.25) is 0 Å². The molecule has 5 nitrogen and oxygen atoms in total. The Balaban J connectivity index is 1.67. The van der Waals surface area contributed by atoms with E-state index in [9.17, 15) is 10.2 Å². The van der Waals surface area contributed by atoms with Crippen molar-refractivity contribution in [3.8, 4) is 0 Å². The van der Waals surface area contributed by atoms with Crippen molar-refractivity contribution >= 4 is 0 Å². The molecule has 5 heteroatoms. The minimum atomic E-state index is -1.28. The van der Waals surface area contributed by atoms with Crippen LogP contribution in [-0.4, -0.2) is 40.9 Å². The van der Waals surface area contributed by atoms with Crippen molar-refractivity contribution in [3.63, 3.8) is 0 Å². The van der Waals surface area contributed by atoms with E-state index in [0.717, 1.165) is 11.1 Å². The van der Waals surface area contributed by atoms with Crippen molar-refractivity contribution in [2.45, 2.75) is 50.8 Å². The highest BCUT2D eigenvalue weighted by Gasteiger charge is 2.44. The molecule has 1 saturated heterocycles. The molecule has 2 aromatic rings. The molecule has 2 aromatic carbocycles. The number of ether oxygens (including phenoxy) is 3. The fourth-order valence-corrected chi connectivity index (χ4v) is 2.96. The lowest BCUT2D eigenvalue weighted by Crippen LogP contribution is -2.58. The molecule has 0 radical (unpaired) electrons. The van der Waals surface area contributed by atoms with Crippen molar-refractivity contribution in [3.05, 3.63) is 71.8 Å². The molecular weight excluding hydrogens is 320 g/mol. The van der Waals surface area contributed by atoms with Crippen molar-refractivity contribution < 1.29 is 24.4 Å². The predicted molar refractivity (Wildman–Crippen MR) is 92.6 cm³/mol. The van der Waals surface area contributed by atoms with Gasteiger partial charge < -0.3 is 24.4 Å². The average molecular weight is 344 g/mol. The second kappa shape index (κ2) is 8.56. The highest BCUT2D eigenvalue weighted by atomic mass is 16.7. The summed E-state index contributed by atoms with van der Waals surface area (Å²) in [5.41, 5.74) is 2.02. The molecule has 1 aliphatic rings. The molecule has 1 heterocycles. The Kier molecular flexibility index (Phi) is 6.18. The van der Waals surface area contributed by atoms with Crippen LogP contribution in [0.1, 0.15) is 18.1 Å². The first-order valence-corrected chi connectivity index (χ1v) is 8.48. The smallest absolute Gasteiger partial charge is 0.183 e. The first-order valence-electron chi connectivity index (χ1n) is 8.48. The van der Waals surface area contributed by atoms with E-state index >= 15 is 0 Å². The fraction of sp³-hybridized carbons (Fsp3) is 0.400. The van der Waals surface area contributed by atoms with Gasteiger partial charge in [-0.05, 0) is 18.1 Å². The molecule has 0 amide bonds. The Morgan fingerprint density at radius 2 is 1.28 bits per heavy atom. The summed E-state index contributed by atoms with van der Waals surface area (Å²) >= 11 is 0. The number of hydrogen-bond acceptors (Lipinski definition) is 5. The predicted octanol–water partition coefficient (Wildman–Crippen LogP) is 2.26. The molecule has 2 N–H and O–H groups in total.